The van der Waals surface area contributed by atoms with Gasteiger partial charge in [0.25, 0.3) is 5.91 Å². The fourth-order valence-electron chi connectivity index (χ4n) is 3.03. The molecule has 3 heterocycles. The van der Waals surface area contributed by atoms with E-state index in [-0.39, 0.29) is 25.9 Å². The highest BCUT2D eigenvalue weighted by Crippen LogP contribution is 2.36. The number of anilines is 2. The Labute approximate surface area is 180 Å². The number of rotatable bonds is 3. The Balaban J connectivity index is 1.76. The molecule has 0 spiro atoms. The first-order chi connectivity index (χ1) is 13.5. The van der Waals surface area contributed by atoms with Crippen molar-refractivity contribution in [3.05, 3.63) is 50.2 Å². The highest BCUT2D eigenvalue weighted by Gasteiger charge is 2.24. The fourth-order valence-corrected chi connectivity index (χ4v) is 3.84. The number of aromatic nitrogens is 3. The number of carbonyl (C=O) groups is 1. The van der Waals surface area contributed by atoms with Crippen molar-refractivity contribution in [1.29, 1.82) is 0 Å². The van der Waals surface area contributed by atoms with Crippen LogP contribution in [0.2, 0.25) is 20.2 Å². The molecule has 0 bridgehead atoms. The smallest absolute Gasteiger partial charge is 0.277 e. The molecule has 0 saturated carbocycles. The third kappa shape index (κ3) is 3.57. The van der Waals surface area contributed by atoms with Crippen molar-refractivity contribution >= 4 is 75.0 Å². The molecule has 0 aliphatic carbocycles. The van der Waals surface area contributed by atoms with E-state index in [1.165, 1.54) is 0 Å². The number of fused-ring (bicyclic) bond motifs is 1. The first kappa shape index (κ1) is 19.5. The molecule has 0 atom stereocenters. The first-order valence-corrected chi connectivity index (χ1v) is 10.00. The van der Waals surface area contributed by atoms with Crippen LogP contribution in [0.3, 0.4) is 0 Å². The van der Waals surface area contributed by atoms with Gasteiger partial charge in [-0.05, 0) is 25.0 Å². The van der Waals surface area contributed by atoms with Gasteiger partial charge in [0, 0.05) is 13.1 Å². The number of hydrogen-bond donors (Lipinski definition) is 1. The van der Waals surface area contributed by atoms with Crippen LogP contribution in [0.5, 0.6) is 0 Å². The van der Waals surface area contributed by atoms with Crippen LogP contribution in [0.1, 0.15) is 23.3 Å². The molecule has 3 aromatic rings. The van der Waals surface area contributed by atoms with E-state index in [1.807, 2.05) is 24.3 Å². The molecule has 1 fully saturated rings. The fraction of sp³-hybridized carbons (Fsp3) is 0.222. The van der Waals surface area contributed by atoms with Gasteiger partial charge in [-0.15, -0.1) is 0 Å². The summed E-state index contributed by atoms with van der Waals surface area (Å²) >= 11 is 24.1. The van der Waals surface area contributed by atoms with Crippen molar-refractivity contribution in [3.63, 3.8) is 0 Å². The molecule has 1 saturated heterocycles. The predicted molar refractivity (Wildman–Crippen MR) is 113 cm³/mol. The van der Waals surface area contributed by atoms with Crippen molar-refractivity contribution < 1.29 is 4.79 Å². The van der Waals surface area contributed by atoms with Crippen LogP contribution in [0.15, 0.2) is 24.3 Å². The molecule has 4 rings (SSSR count). The van der Waals surface area contributed by atoms with Gasteiger partial charge < -0.3 is 10.2 Å². The molecule has 28 heavy (non-hydrogen) atoms. The first-order valence-electron chi connectivity index (χ1n) is 8.49. The summed E-state index contributed by atoms with van der Waals surface area (Å²) in [5.41, 5.74) is 1.27. The molecule has 6 nitrogen and oxygen atoms in total. The number of nitrogens with zero attached hydrogens (tertiary/aromatic N) is 4. The Bertz CT molecular complexity index is 1090. The molecule has 10 heteroatoms. The lowest BCUT2D eigenvalue weighted by Crippen LogP contribution is -2.24. The summed E-state index contributed by atoms with van der Waals surface area (Å²) in [5, 5.41) is 2.53. The summed E-state index contributed by atoms with van der Waals surface area (Å²) in [6.45, 7) is 1.68. The summed E-state index contributed by atoms with van der Waals surface area (Å²) in [4.78, 5) is 28.2. The van der Waals surface area contributed by atoms with E-state index in [0.29, 0.717) is 17.2 Å². The van der Waals surface area contributed by atoms with Crippen LogP contribution in [-0.4, -0.2) is 33.9 Å². The summed E-state index contributed by atoms with van der Waals surface area (Å²) in [6.07, 6.45) is 2.11. The second kappa shape index (κ2) is 7.87. The molecule has 1 amide bonds. The average molecular weight is 457 g/mol. The molecule has 1 aromatic carbocycles. The zero-order chi connectivity index (χ0) is 19.8. The minimum atomic E-state index is -0.601. The van der Waals surface area contributed by atoms with E-state index < -0.39 is 5.91 Å². The molecule has 144 valence electrons. The number of hydrogen-bond acceptors (Lipinski definition) is 5. The van der Waals surface area contributed by atoms with E-state index in [2.05, 4.69) is 20.2 Å². The molecule has 2 aromatic heterocycles. The molecular weight excluding hydrogens is 444 g/mol. The van der Waals surface area contributed by atoms with Gasteiger partial charge in [-0.2, -0.15) is 0 Å². The maximum absolute atomic E-state index is 12.8. The second-order valence-electron chi connectivity index (χ2n) is 6.23. The van der Waals surface area contributed by atoms with E-state index in [1.54, 1.807) is 0 Å². The summed E-state index contributed by atoms with van der Waals surface area (Å²) in [7, 11) is 0. The number of nitrogens with one attached hydrogen (secondary N) is 1. The lowest BCUT2D eigenvalue weighted by atomic mass is 10.3. The molecule has 1 aliphatic heterocycles. The Morgan fingerprint density at radius 2 is 1.54 bits per heavy atom. The quantitative estimate of drug-likeness (QED) is 0.527. The standard InChI is InChI=1S/C18H13Cl4N5O/c19-11-12(20)14(25-15(22)13(11)21)18(28)26-16-17(27-7-3-4-8-27)24-10-6-2-1-5-9(10)23-16/h1-2,5-6H,3-4,7-8H2,(H,23,26,28). The van der Waals surface area contributed by atoms with Gasteiger partial charge in [0.15, 0.2) is 17.3 Å². The third-order valence-corrected chi connectivity index (χ3v) is 6.07. The number of halogens is 4. The molecule has 0 radical (unpaired) electrons. The van der Waals surface area contributed by atoms with Crippen LogP contribution in [-0.2, 0) is 0 Å². The SMILES string of the molecule is O=C(Nc1nc2ccccc2nc1N1CCCC1)c1nc(Cl)c(Cl)c(Cl)c1Cl. The summed E-state index contributed by atoms with van der Waals surface area (Å²) in [6, 6.07) is 7.46. The molecule has 1 aliphatic rings. The monoisotopic (exact) mass is 455 g/mol. The Morgan fingerprint density at radius 1 is 0.893 bits per heavy atom. The Hall–Kier alpha value is -1.86. The number of benzene rings is 1. The van der Waals surface area contributed by atoms with Crippen LogP contribution >= 0.6 is 46.4 Å². The number of amides is 1. The maximum Gasteiger partial charge on any atom is 0.277 e. The van der Waals surface area contributed by atoms with E-state index in [4.69, 9.17) is 51.4 Å². The Kier molecular flexibility index (Phi) is 5.47. The van der Waals surface area contributed by atoms with Crippen LogP contribution < -0.4 is 10.2 Å². The molecule has 0 unspecified atom stereocenters. The van der Waals surface area contributed by atoms with E-state index in [0.717, 1.165) is 31.4 Å². The highest BCUT2D eigenvalue weighted by atomic mass is 35.5. The third-order valence-electron chi connectivity index (χ3n) is 4.39. The van der Waals surface area contributed by atoms with Gasteiger partial charge >= 0.3 is 0 Å². The van der Waals surface area contributed by atoms with Gasteiger partial charge in [-0.25, -0.2) is 15.0 Å². The second-order valence-corrected chi connectivity index (χ2v) is 7.72. The van der Waals surface area contributed by atoms with Crippen LogP contribution in [0.4, 0.5) is 11.6 Å². The summed E-state index contributed by atoms with van der Waals surface area (Å²) in [5.74, 6) is 0.327. The van der Waals surface area contributed by atoms with Crippen LogP contribution in [0, 0.1) is 0 Å². The zero-order valence-corrected chi connectivity index (χ0v) is 17.4. The number of pyridine rings is 1. The summed E-state index contributed by atoms with van der Waals surface area (Å²) < 4.78 is 0. The van der Waals surface area contributed by atoms with E-state index in [9.17, 15) is 4.79 Å². The minimum absolute atomic E-state index is 0.00636. The lowest BCUT2D eigenvalue weighted by Gasteiger charge is -2.20. The van der Waals surface area contributed by atoms with Gasteiger partial charge in [0.1, 0.15) is 5.15 Å². The topological polar surface area (TPSA) is 71.0 Å². The van der Waals surface area contributed by atoms with Gasteiger partial charge in [0.2, 0.25) is 0 Å². The van der Waals surface area contributed by atoms with Crippen molar-refractivity contribution in [2.24, 2.45) is 0 Å². The zero-order valence-electron chi connectivity index (χ0n) is 14.3. The Morgan fingerprint density at radius 3 is 2.21 bits per heavy atom. The van der Waals surface area contributed by atoms with E-state index >= 15 is 0 Å². The highest BCUT2D eigenvalue weighted by molar-refractivity contribution is 6.52. The minimum Gasteiger partial charge on any atom is -0.354 e. The van der Waals surface area contributed by atoms with Gasteiger partial charge in [-0.3, -0.25) is 4.79 Å². The lowest BCUT2D eigenvalue weighted by molar-refractivity contribution is 0.102. The van der Waals surface area contributed by atoms with Crippen molar-refractivity contribution in [3.8, 4) is 0 Å². The normalized spacial score (nSPS) is 13.9. The predicted octanol–water partition coefficient (Wildman–Crippen LogP) is 5.49. The largest absolute Gasteiger partial charge is 0.354 e. The van der Waals surface area contributed by atoms with Crippen LogP contribution in [0.25, 0.3) is 11.0 Å². The molecule has 1 N–H and O–H groups in total. The van der Waals surface area contributed by atoms with Crippen molar-refractivity contribution in [2.45, 2.75) is 12.8 Å². The molecular formula is C18H13Cl4N5O. The number of para-hydroxylation sites is 2. The van der Waals surface area contributed by atoms with Gasteiger partial charge in [-0.1, -0.05) is 58.5 Å². The van der Waals surface area contributed by atoms with Crippen molar-refractivity contribution in [1.82, 2.24) is 15.0 Å². The average Bonchev–Trinajstić information content (AvgIpc) is 3.23. The van der Waals surface area contributed by atoms with Crippen molar-refractivity contribution in [2.75, 3.05) is 23.3 Å². The maximum atomic E-state index is 12.8. The number of carbonyl (C=O) groups excluding carboxylic acids is 1. The van der Waals surface area contributed by atoms with Gasteiger partial charge in [0.05, 0.1) is 26.1 Å².